The molecule has 0 bridgehead atoms. The van der Waals surface area contributed by atoms with Gasteiger partial charge in [-0.2, -0.15) is 0 Å². The van der Waals surface area contributed by atoms with Crippen LogP contribution in [-0.2, 0) is 16.6 Å². The largest absolute Gasteiger partial charge is 0.494 e. The molecule has 0 unspecified atom stereocenters. The SMILES string of the molecule is CCCCOc1ccc(C(=O)NCc2ccc(S(N)(=O)=O)s2)cc1. The van der Waals surface area contributed by atoms with Crippen LogP contribution in [-0.4, -0.2) is 20.9 Å². The van der Waals surface area contributed by atoms with Gasteiger partial charge in [-0.05, 0) is 42.8 Å². The number of nitrogens with one attached hydrogen (secondary N) is 1. The van der Waals surface area contributed by atoms with Crippen molar-refractivity contribution in [1.29, 1.82) is 0 Å². The van der Waals surface area contributed by atoms with E-state index in [0.29, 0.717) is 17.0 Å². The van der Waals surface area contributed by atoms with Crippen LogP contribution >= 0.6 is 11.3 Å². The van der Waals surface area contributed by atoms with Crippen molar-refractivity contribution < 1.29 is 17.9 Å². The molecule has 0 aliphatic carbocycles. The Kier molecular flexibility index (Phi) is 6.36. The van der Waals surface area contributed by atoms with Crippen LogP contribution < -0.4 is 15.2 Å². The van der Waals surface area contributed by atoms with E-state index >= 15 is 0 Å². The number of primary sulfonamides is 1. The number of unbranched alkanes of at least 4 members (excludes halogenated alkanes) is 1. The number of hydrogen-bond donors (Lipinski definition) is 2. The lowest BCUT2D eigenvalue weighted by Gasteiger charge is -2.07. The van der Waals surface area contributed by atoms with Crippen molar-refractivity contribution >= 4 is 27.3 Å². The predicted molar refractivity (Wildman–Crippen MR) is 93.7 cm³/mol. The van der Waals surface area contributed by atoms with Crippen LogP contribution in [0.1, 0.15) is 35.0 Å². The number of hydrogen-bond acceptors (Lipinski definition) is 5. The molecule has 0 aliphatic rings. The first kappa shape index (κ1) is 18.4. The van der Waals surface area contributed by atoms with Crippen LogP contribution in [0.25, 0.3) is 0 Å². The topological polar surface area (TPSA) is 98.5 Å². The smallest absolute Gasteiger partial charge is 0.251 e. The Labute approximate surface area is 145 Å². The second kappa shape index (κ2) is 8.27. The van der Waals surface area contributed by atoms with Crippen molar-refractivity contribution in [1.82, 2.24) is 5.32 Å². The van der Waals surface area contributed by atoms with Crippen LogP contribution in [0.2, 0.25) is 0 Å². The zero-order valence-electron chi connectivity index (χ0n) is 13.3. The number of carbonyl (C=O) groups excluding carboxylic acids is 1. The number of ether oxygens (including phenoxy) is 1. The molecule has 0 fully saturated rings. The average molecular weight is 368 g/mol. The highest BCUT2D eigenvalue weighted by atomic mass is 32.2. The summed E-state index contributed by atoms with van der Waals surface area (Å²) in [4.78, 5) is 12.8. The molecule has 130 valence electrons. The van der Waals surface area contributed by atoms with E-state index in [-0.39, 0.29) is 16.7 Å². The van der Waals surface area contributed by atoms with Gasteiger partial charge in [-0.25, -0.2) is 13.6 Å². The maximum atomic E-state index is 12.1. The van der Waals surface area contributed by atoms with E-state index < -0.39 is 10.0 Å². The van der Waals surface area contributed by atoms with E-state index in [9.17, 15) is 13.2 Å². The Hall–Kier alpha value is -1.90. The number of benzene rings is 1. The summed E-state index contributed by atoms with van der Waals surface area (Å²) < 4.78 is 28.1. The summed E-state index contributed by atoms with van der Waals surface area (Å²) in [5, 5.41) is 7.81. The Bertz CT molecular complexity index is 783. The first-order valence-electron chi connectivity index (χ1n) is 7.52. The molecule has 1 amide bonds. The normalized spacial score (nSPS) is 11.2. The van der Waals surface area contributed by atoms with Crippen molar-refractivity contribution in [3.05, 3.63) is 46.8 Å². The molecular weight excluding hydrogens is 348 g/mol. The van der Waals surface area contributed by atoms with Crippen LogP contribution in [0.15, 0.2) is 40.6 Å². The summed E-state index contributed by atoms with van der Waals surface area (Å²) in [6.45, 7) is 3.00. The molecule has 0 saturated heterocycles. The number of sulfonamides is 1. The fourth-order valence-corrected chi connectivity index (χ4v) is 3.63. The summed E-state index contributed by atoms with van der Waals surface area (Å²) in [5.41, 5.74) is 0.515. The van der Waals surface area contributed by atoms with E-state index in [4.69, 9.17) is 9.88 Å². The molecule has 0 aliphatic heterocycles. The number of carbonyl (C=O) groups is 1. The van der Waals surface area contributed by atoms with E-state index in [2.05, 4.69) is 12.2 Å². The maximum Gasteiger partial charge on any atom is 0.251 e. The molecule has 0 radical (unpaired) electrons. The van der Waals surface area contributed by atoms with Crippen LogP contribution in [0.4, 0.5) is 0 Å². The summed E-state index contributed by atoms with van der Waals surface area (Å²) >= 11 is 1.04. The molecule has 8 heteroatoms. The van der Waals surface area contributed by atoms with Gasteiger partial charge in [0, 0.05) is 10.4 Å². The molecule has 2 aromatic rings. The molecule has 24 heavy (non-hydrogen) atoms. The molecule has 0 spiro atoms. The van der Waals surface area contributed by atoms with Crippen molar-refractivity contribution in [3.63, 3.8) is 0 Å². The Morgan fingerprint density at radius 3 is 2.50 bits per heavy atom. The summed E-state index contributed by atoms with van der Waals surface area (Å²) in [7, 11) is -3.70. The van der Waals surface area contributed by atoms with Crippen molar-refractivity contribution in [2.45, 2.75) is 30.5 Å². The summed E-state index contributed by atoms with van der Waals surface area (Å²) in [6, 6.07) is 9.98. The quantitative estimate of drug-likeness (QED) is 0.699. The van der Waals surface area contributed by atoms with E-state index in [0.717, 1.165) is 29.9 Å². The van der Waals surface area contributed by atoms with Gasteiger partial charge >= 0.3 is 0 Å². The zero-order chi connectivity index (χ0) is 17.6. The second-order valence-electron chi connectivity index (χ2n) is 5.17. The molecule has 1 heterocycles. The monoisotopic (exact) mass is 368 g/mol. The molecule has 0 atom stereocenters. The van der Waals surface area contributed by atoms with E-state index in [1.54, 1.807) is 30.3 Å². The predicted octanol–water partition coefficient (Wildman–Crippen LogP) is 2.50. The molecule has 1 aromatic heterocycles. The van der Waals surface area contributed by atoms with Gasteiger partial charge in [0.15, 0.2) is 0 Å². The maximum absolute atomic E-state index is 12.1. The fraction of sp³-hybridized carbons (Fsp3) is 0.312. The average Bonchev–Trinajstić information content (AvgIpc) is 3.03. The van der Waals surface area contributed by atoms with Crippen molar-refractivity contribution in [2.24, 2.45) is 5.14 Å². The second-order valence-corrected chi connectivity index (χ2v) is 8.13. The van der Waals surface area contributed by atoms with Gasteiger partial charge in [0.25, 0.3) is 5.91 Å². The van der Waals surface area contributed by atoms with Gasteiger partial charge in [-0.1, -0.05) is 13.3 Å². The first-order valence-corrected chi connectivity index (χ1v) is 9.89. The molecule has 2 rings (SSSR count). The third-order valence-electron chi connectivity index (χ3n) is 3.22. The molecule has 6 nitrogen and oxygen atoms in total. The highest BCUT2D eigenvalue weighted by Gasteiger charge is 2.12. The van der Waals surface area contributed by atoms with Crippen LogP contribution in [0.3, 0.4) is 0 Å². The van der Waals surface area contributed by atoms with Gasteiger partial charge in [-0.3, -0.25) is 4.79 Å². The molecular formula is C16H20N2O4S2. The number of rotatable bonds is 8. The fourth-order valence-electron chi connectivity index (χ4n) is 1.91. The molecule has 3 N–H and O–H groups in total. The van der Waals surface area contributed by atoms with E-state index in [1.165, 1.54) is 6.07 Å². The number of nitrogens with two attached hydrogens (primary N) is 1. The zero-order valence-corrected chi connectivity index (χ0v) is 15.0. The lowest BCUT2D eigenvalue weighted by atomic mass is 10.2. The molecule has 1 aromatic carbocycles. The standard InChI is InChI=1S/C16H20N2O4S2/c1-2-3-10-22-13-6-4-12(5-7-13)16(19)18-11-14-8-9-15(23-14)24(17,20)21/h4-9H,2-3,10-11H2,1H3,(H,18,19)(H2,17,20,21). The van der Waals surface area contributed by atoms with Crippen LogP contribution in [0, 0.1) is 0 Å². The Morgan fingerprint density at radius 2 is 1.92 bits per heavy atom. The third-order valence-corrected chi connectivity index (χ3v) is 5.75. The Morgan fingerprint density at radius 1 is 1.21 bits per heavy atom. The highest BCUT2D eigenvalue weighted by Crippen LogP contribution is 2.20. The van der Waals surface area contributed by atoms with Crippen LogP contribution in [0.5, 0.6) is 5.75 Å². The molecule has 0 saturated carbocycles. The lowest BCUT2D eigenvalue weighted by Crippen LogP contribution is -2.22. The minimum atomic E-state index is -3.70. The first-order chi connectivity index (χ1) is 11.4. The van der Waals surface area contributed by atoms with Gasteiger partial charge < -0.3 is 10.1 Å². The lowest BCUT2D eigenvalue weighted by molar-refractivity contribution is 0.0951. The van der Waals surface area contributed by atoms with Crippen molar-refractivity contribution in [2.75, 3.05) is 6.61 Å². The highest BCUT2D eigenvalue weighted by molar-refractivity contribution is 7.91. The van der Waals surface area contributed by atoms with Gasteiger partial charge in [0.2, 0.25) is 10.0 Å². The van der Waals surface area contributed by atoms with Gasteiger partial charge in [-0.15, -0.1) is 11.3 Å². The third kappa shape index (κ3) is 5.33. The number of amides is 1. The summed E-state index contributed by atoms with van der Waals surface area (Å²) in [6.07, 6.45) is 2.06. The summed E-state index contributed by atoms with van der Waals surface area (Å²) in [5.74, 6) is 0.497. The van der Waals surface area contributed by atoms with Crippen molar-refractivity contribution in [3.8, 4) is 5.75 Å². The van der Waals surface area contributed by atoms with Gasteiger partial charge in [0.1, 0.15) is 9.96 Å². The number of thiophene rings is 1. The minimum absolute atomic E-state index is 0.0836. The minimum Gasteiger partial charge on any atom is -0.494 e. The van der Waals surface area contributed by atoms with Gasteiger partial charge in [0.05, 0.1) is 13.2 Å². The Balaban J connectivity index is 1.89. The van der Waals surface area contributed by atoms with E-state index in [1.807, 2.05) is 0 Å².